The fourth-order valence-electron chi connectivity index (χ4n) is 3.18. The van der Waals surface area contributed by atoms with Gasteiger partial charge in [-0.3, -0.25) is 4.55 Å². The Bertz CT molecular complexity index is 1200. The van der Waals surface area contributed by atoms with E-state index in [0.29, 0.717) is 0 Å². The molecule has 3 aromatic carbocycles. The van der Waals surface area contributed by atoms with Crippen molar-refractivity contribution >= 4 is 56.5 Å². The van der Waals surface area contributed by atoms with E-state index in [1.54, 1.807) is 0 Å². The van der Waals surface area contributed by atoms with Crippen LogP contribution in [0.15, 0.2) is 54.6 Å². The fraction of sp³-hybridized carbons (Fsp3) is 0.0526. The number of phenols is 2. The molecule has 0 aliphatic carbocycles. The van der Waals surface area contributed by atoms with E-state index in [0.717, 1.165) is 0 Å². The molecule has 1 atom stereocenters. The molecule has 0 saturated heterocycles. The second kappa shape index (κ2) is 7.87. The van der Waals surface area contributed by atoms with Crippen LogP contribution in [0.1, 0.15) is 16.7 Å². The number of hydrogen-bond acceptors (Lipinski definition) is 4. The van der Waals surface area contributed by atoms with Crippen molar-refractivity contribution in [3.8, 4) is 11.5 Å². The lowest BCUT2D eigenvalue weighted by Crippen LogP contribution is -2.38. The first-order valence-corrected chi connectivity index (χ1v) is 10.9. The van der Waals surface area contributed by atoms with Gasteiger partial charge < -0.3 is 10.2 Å². The molecule has 0 spiro atoms. The van der Waals surface area contributed by atoms with Crippen LogP contribution in [0.5, 0.6) is 11.5 Å². The molecular formula is C19H12Cl4O5S. The zero-order valence-electron chi connectivity index (χ0n) is 14.3. The Morgan fingerprint density at radius 2 is 1.34 bits per heavy atom. The summed E-state index contributed by atoms with van der Waals surface area (Å²) in [4.78, 5) is 0. The highest BCUT2D eigenvalue weighted by molar-refractivity contribution is 7.87. The fourth-order valence-corrected chi connectivity index (χ4v) is 5.41. The van der Waals surface area contributed by atoms with Crippen LogP contribution in [0, 0.1) is 0 Å². The summed E-state index contributed by atoms with van der Waals surface area (Å²) >= 11 is 24.5. The lowest BCUT2D eigenvalue weighted by Gasteiger charge is -2.34. The van der Waals surface area contributed by atoms with Crippen molar-refractivity contribution in [1.82, 2.24) is 0 Å². The van der Waals surface area contributed by atoms with Gasteiger partial charge in [-0.1, -0.05) is 76.7 Å². The molecule has 10 heteroatoms. The van der Waals surface area contributed by atoms with Gasteiger partial charge in [-0.05, 0) is 29.8 Å². The van der Waals surface area contributed by atoms with Gasteiger partial charge in [0, 0.05) is 11.1 Å². The summed E-state index contributed by atoms with van der Waals surface area (Å²) in [6.45, 7) is 0. The van der Waals surface area contributed by atoms with Crippen LogP contribution in [-0.4, -0.2) is 23.2 Å². The summed E-state index contributed by atoms with van der Waals surface area (Å²) in [6, 6.07) is 11.6. The summed E-state index contributed by atoms with van der Waals surface area (Å²) in [5.41, 5.74) is -0.464. The summed E-state index contributed by atoms with van der Waals surface area (Å²) < 4.78 is 34.0. The first-order chi connectivity index (χ1) is 13.5. The van der Waals surface area contributed by atoms with E-state index < -0.39 is 20.6 Å². The molecule has 1 unspecified atom stereocenters. The van der Waals surface area contributed by atoms with E-state index >= 15 is 0 Å². The smallest absolute Gasteiger partial charge is 0.283 e. The average molecular weight is 494 g/mol. The normalized spacial score (nSPS) is 13.8. The van der Waals surface area contributed by atoms with Gasteiger partial charge in [0.2, 0.25) is 0 Å². The minimum atomic E-state index is -5.08. The monoisotopic (exact) mass is 492 g/mol. The third-order valence-corrected chi connectivity index (χ3v) is 7.49. The number of benzene rings is 3. The van der Waals surface area contributed by atoms with Crippen LogP contribution in [0.3, 0.4) is 0 Å². The number of rotatable bonds is 4. The molecule has 3 rings (SSSR count). The molecule has 29 heavy (non-hydrogen) atoms. The molecule has 0 fully saturated rings. The van der Waals surface area contributed by atoms with Gasteiger partial charge >= 0.3 is 0 Å². The molecule has 3 N–H and O–H groups in total. The Morgan fingerprint density at radius 3 is 1.93 bits per heavy atom. The molecular weight excluding hydrogens is 482 g/mol. The molecule has 3 aromatic rings. The second-order valence-corrected chi connectivity index (χ2v) is 9.19. The van der Waals surface area contributed by atoms with E-state index in [4.69, 9.17) is 46.4 Å². The van der Waals surface area contributed by atoms with Crippen LogP contribution in [0.2, 0.25) is 20.1 Å². The number of hydrogen-bond donors (Lipinski definition) is 3. The number of halogens is 4. The third-order valence-electron chi connectivity index (χ3n) is 4.44. The molecule has 0 saturated carbocycles. The molecule has 0 bridgehead atoms. The Morgan fingerprint density at radius 1 is 0.724 bits per heavy atom. The van der Waals surface area contributed by atoms with E-state index in [1.165, 1.54) is 54.6 Å². The number of phenolic OH excluding ortho intramolecular Hbond substituents is 2. The maximum absolute atomic E-state index is 13.0. The number of para-hydroxylation sites is 1. The maximum Gasteiger partial charge on any atom is 0.283 e. The van der Waals surface area contributed by atoms with Crippen LogP contribution in [0.25, 0.3) is 0 Å². The van der Waals surface area contributed by atoms with Gasteiger partial charge in [0.1, 0.15) is 11.5 Å². The van der Waals surface area contributed by atoms with Gasteiger partial charge in [-0.15, -0.1) is 0 Å². The first kappa shape index (κ1) is 22.0. The third kappa shape index (κ3) is 3.54. The van der Waals surface area contributed by atoms with Crippen molar-refractivity contribution in [2.75, 3.05) is 0 Å². The highest BCUT2D eigenvalue weighted by Gasteiger charge is 2.51. The predicted molar refractivity (Wildman–Crippen MR) is 114 cm³/mol. The van der Waals surface area contributed by atoms with Gasteiger partial charge in [0.05, 0.1) is 20.1 Å². The molecule has 5 nitrogen and oxygen atoms in total. The largest absolute Gasteiger partial charge is 0.508 e. The van der Waals surface area contributed by atoms with E-state index in [2.05, 4.69) is 0 Å². The molecule has 0 heterocycles. The van der Waals surface area contributed by atoms with Crippen molar-refractivity contribution in [2.45, 2.75) is 4.75 Å². The predicted octanol–water partition coefficient (Wildman–Crippen LogP) is 5.89. The Kier molecular flexibility index (Phi) is 5.98. The topological polar surface area (TPSA) is 94.8 Å². The Labute approximate surface area is 186 Å². The van der Waals surface area contributed by atoms with Crippen molar-refractivity contribution in [3.05, 3.63) is 91.4 Å². The first-order valence-electron chi connectivity index (χ1n) is 7.90. The van der Waals surface area contributed by atoms with Crippen LogP contribution in [-0.2, 0) is 14.9 Å². The van der Waals surface area contributed by atoms with Crippen molar-refractivity contribution in [3.63, 3.8) is 0 Å². The highest BCUT2D eigenvalue weighted by Crippen LogP contribution is 2.52. The van der Waals surface area contributed by atoms with Gasteiger partial charge in [-0.2, -0.15) is 8.42 Å². The molecule has 152 valence electrons. The Balaban J connectivity index is 2.61. The lowest BCUT2D eigenvalue weighted by atomic mass is 9.83. The van der Waals surface area contributed by atoms with Crippen LogP contribution >= 0.6 is 46.4 Å². The molecule has 0 radical (unpaired) electrons. The van der Waals surface area contributed by atoms with Crippen LogP contribution < -0.4 is 0 Å². The highest BCUT2D eigenvalue weighted by atomic mass is 35.5. The van der Waals surface area contributed by atoms with Crippen molar-refractivity contribution in [1.29, 1.82) is 0 Å². The van der Waals surface area contributed by atoms with Crippen molar-refractivity contribution in [2.24, 2.45) is 0 Å². The zero-order valence-corrected chi connectivity index (χ0v) is 18.1. The molecule has 0 aromatic heterocycles. The Hall–Kier alpha value is -1.67. The van der Waals surface area contributed by atoms with Gasteiger partial charge in [0.25, 0.3) is 10.1 Å². The van der Waals surface area contributed by atoms with Gasteiger partial charge in [-0.25, -0.2) is 0 Å². The van der Waals surface area contributed by atoms with Crippen molar-refractivity contribution < 1.29 is 23.2 Å². The molecule has 0 aliphatic rings. The quantitative estimate of drug-likeness (QED) is 0.239. The minimum absolute atomic E-state index is 0.0318. The molecule has 0 aliphatic heterocycles. The second-order valence-electron chi connectivity index (χ2n) is 6.06. The maximum atomic E-state index is 13.0. The standard InChI is InChI=1S/C19H12Cl4O5S/c20-14-9-8-12(16(22)17(14)23)19(29(26,27)28,10-4-6-11(24)7-5-10)13-2-1-3-15(21)18(13)25/h1-9,24-25H,(H,26,27,28). The van der Waals surface area contributed by atoms with Crippen LogP contribution in [0.4, 0.5) is 0 Å². The molecule has 0 amide bonds. The average Bonchev–Trinajstić information content (AvgIpc) is 2.65. The van der Waals surface area contributed by atoms with E-state index in [1.807, 2.05) is 0 Å². The summed E-state index contributed by atoms with van der Waals surface area (Å²) in [7, 11) is -5.08. The summed E-state index contributed by atoms with van der Waals surface area (Å²) in [5.74, 6) is -0.726. The lowest BCUT2D eigenvalue weighted by molar-refractivity contribution is 0.440. The summed E-state index contributed by atoms with van der Waals surface area (Å²) in [5, 5.41) is 19.8. The number of aromatic hydroxyl groups is 2. The summed E-state index contributed by atoms with van der Waals surface area (Å²) in [6.07, 6.45) is 0. The zero-order chi connectivity index (χ0) is 21.6. The van der Waals surface area contributed by atoms with E-state index in [9.17, 15) is 23.2 Å². The van der Waals surface area contributed by atoms with Gasteiger partial charge in [0.15, 0.2) is 4.75 Å². The minimum Gasteiger partial charge on any atom is -0.508 e. The van der Waals surface area contributed by atoms with E-state index in [-0.39, 0.29) is 42.5 Å². The SMILES string of the molecule is O=S(=O)(O)C(c1ccc(O)cc1)(c1cccc(Cl)c1O)c1ccc(Cl)c(Cl)c1Cl.